The summed E-state index contributed by atoms with van der Waals surface area (Å²) in [6.45, 7) is 2.57. The van der Waals surface area contributed by atoms with Gasteiger partial charge in [-0.05, 0) is 42.8 Å². The van der Waals surface area contributed by atoms with Crippen LogP contribution in [0.1, 0.15) is 42.3 Å². The first-order valence-corrected chi connectivity index (χ1v) is 11.1. The number of ether oxygens (including phenoxy) is 3. The number of hydrazone groups is 1. The number of para-hydroxylation sites is 1. The molecule has 0 N–H and O–H groups in total. The lowest BCUT2D eigenvalue weighted by Gasteiger charge is -2.38. The Balaban J connectivity index is 1.61. The molecular weight excluding hydrogens is 456 g/mol. The molecule has 0 bridgehead atoms. The highest BCUT2D eigenvalue weighted by atomic mass is 79.9. The summed E-state index contributed by atoms with van der Waals surface area (Å²) in [5, 5.41) is 7.10. The van der Waals surface area contributed by atoms with Crippen molar-refractivity contribution in [3.8, 4) is 17.2 Å². The summed E-state index contributed by atoms with van der Waals surface area (Å²) in [5.74, 6) is 2.35. The standard InChI is InChI=1S/C25H23BrN2O3/c1-3-30-23-9-5-8-20-22-15-21(16-10-12-18(26)13-11-16)27-28(22)25(31-24(20)23)17-6-4-7-19(14-17)29-2/h4-14,22,25H,3,15H2,1-2H3/t22-,25+/m0/s1. The van der Waals surface area contributed by atoms with E-state index < -0.39 is 0 Å². The van der Waals surface area contributed by atoms with Gasteiger partial charge in [0, 0.05) is 22.0 Å². The van der Waals surface area contributed by atoms with Crippen molar-refractivity contribution in [3.63, 3.8) is 0 Å². The zero-order valence-corrected chi connectivity index (χ0v) is 19.0. The Morgan fingerprint density at radius 1 is 1.10 bits per heavy atom. The van der Waals surface area contributed by atoms with Gasteiger partial charge in [-0.1, -0.05) is 52.3 Å². The van der Waals surface area contributed by atoms with Crippen LogP contribution in [0.5, 0.6) is 17.2 Å². The van der Waals surface area contributed by atoms with Crippen molar-refractivity contribution in [2.75, 3.05) is 13.7 Å². The molecule has 0 aliphatic carbocycles. The van der Waals surface area contributed by atoms with E-state index in [1.165, 1.54) is 0 Å². The van der Waals surface area contributed by atoms with Crippen molar-refractivity contribution in [3.05, 3.63) is 87.9 Å². The Morgan fingerprint density at radius 3 is 2.68 bits per heavy atom. The predicted octanol–water partition coefficient (Wildman–Crippen LogP) is 6.10. The van der Waals surface area contributed by atoms with E-state index in [2.05, 4.69) is 39.1 Å². The summed E-state index contributed by atoms with van der Waals surface area (Å²) in [6, 6.07) is 22.4. The third kappa shape index (κ3) is 3.65. The predicted molar refractivity (Wildman–Crippen MR) is 124 cm³/mol. The molecule has 0 saturated carbocycles. The summed E-state index contributed by atoms with van der Waals surface area (Å²) in [7, 11) is 1.67. The van der Waals surface area contributed by atoms with E-state index >= 15 is 0 Å². The maximum Gasteiger partial charge on any atom is 0.214 e. The second kappa shape index (κ2) is 8.27. The average Bonchev–Trinajstić information content (AvgIpc) is 3.25. The molecule has 2 aliphatic rings. The van der Waals surface area contributed by atoms with Gasteiger partial charge in [0.15, 0.2) is 11.5 Å². The molecule has 3 aromatic carbocycles. The molecule has 5 nitrogen and oxygen atoms in total. The van der Waals surface area contributed by atoms with Crippen molar-refractivity contribution in [1.82, 2.24) is 5.01 Å². The molecule has 0 amide bonds. The van der Waals surface area contributed by atoms with Crippen LogP contribution in [0.2, 0.25) is 0 Å². The maximum absolute atomic E-state index is 6.55. The molecule has 3 aromatic rings. The molecule has 2 heterocycles. The third-order valence-electron chi connectivity index (χ3n) is 5.64. The van der Waals surface area contributed by atoms with E-state index in [1.807, 2.05) is 55.5 Å². The minimum atomic E-state index is -0.373. The normalized spacial score (nSPS) is 19.2. The fraction of sp³-hybridized carbons (Fsp3) is 0.240. The van der Waals surface area contributed by atoms with Gasteiger partial charge >= 0.3 is 0 Å². The number of nitrogens with zero attached hydrogens (tertiary/aromatic N) is 2. The topological polar surface area (TPSA) is 43.3 Å². The summed E-state index contributed by atoms with van der Waals surface area (Å²) >= 11 is 3.52. The van der Waals surface area contributed by atoms with Crippen molar-refractivity contribution in [2.45, 2.75) is 25.6 Å². The van der Waals surface area contributed by atoms with Gasteiger partial charge in [0.05, 0.1) is 25.5 Å². The van der Waals surface area contributed by atoms with Crippen LogP contribution in [0.3, 0.4) is 0 Å². The van der Waals surface area contributed by atoms with E-state index in [4.69, 9.17) is 19.3 Å². The first-order valence-electron chi connectivity index (χ1n) is 10.4. The minimum Gasteiger partial charge on any atom is -0.497 e. The van der Waals surface area contributed by atoms with Crippen molar-refractivity contribution in [2.24, 2.45) is 5.10 Å². The van der Waals surface area contributed by atoms with Crippen LogP contribution in [0.15, 0.2) is 76.3 Å². The molecule has 158 valence electrons. The van der Waals surface area contributed by atoms with Gasteiger partial charge in [-0.25, -0.2) is 5.01 Å². The van der Waals surface area contributed by atoms with Crippen LogP contribution in [-0.4, -0.2) is 24.4 Å². The Labute approximate surface area is 190 Å². The quantitative estimate of drug-likeness (QED) is 0.444. The van der Waals surface area contributed by atoms with Gasteiger partial charge in [-0.3, -0.25) is 0 Å². The molecule has 2 atom stereocenters. The molecule has 0 radical (unpaired) electrons. The maximum atomic E-state index is 6.55. The summed E-state index contributed by atoms with van der Waals surface area (Å²) in [5.41, 5.74) is 4.25. The number of methoxy groups -OCH3 is 1. The van der Waals surface area contributed by atoms with E-state index in [0.717, 1.165) is 50.5 Å². The lowest BCUT2D eigenvalue weighted by atomic mass is 9.95. The monoisotopic (exact) mass is 478 g/mol. The number of rotatable bonds is 5. The first kappa shape index (κ1) is 19.9. The summed E-state index contributed by atoms with van der Waals surface area (Å²) in [6.07, 6.45) is 0.427. The first-order chi connectivity index (χ1) is 15.2. The molecule has 0 unspecified atom stereocenters. The number of hydrogen-bond acceptors (Lipinski definition) is 5. The van der Waals surface area contributed by atoms with Crippen molar-refractivity contribution >= 4 is 21.6 Å². The van der Waals surface area contributed by atoms with Gasteiger partial charge in [0.2, 0.25) is 6.23 Å². The zero-order chi connectivity index (χ0) is 21.4. The molecule has 6 heteroatoms. The van der Waals surface area contributed by atoms with Crippen LogP contribution in [0.4, 0.5) is 0 Å². The highest BCUT2D eigenvalue weighted by Gasteiger charge is 2.42. The van der Waals surface area contributed by atoms with Crippen LogP contribution >= 0.6 is 15.9 Å². The second-order valence-electron chi connectivity index (χ2n) is 7.51. The Bertz CT molecular complexity index is 1130. The lowest BCUT2D eigenvalue weighted by Crippen LogP contribution is -2.34. The average molecular weight is 479 g/mol. The van der Waals surface area contributed by atoms with E-state index in [9.17, 15) is 0 Å². The Hall–Kier alpha value is -2.99. The fourth-order valence-electron chi connectivity index (χ4n) is 4.18. The highest BCUT2D eigenvalue weighted by Crippen LogP contribution is 2.51. The third-order valence-corrected chi connectivity index (χ3v) is 6.17. The fourth-order valence-corrected chi connectivity index (χ4v) is 4.45. The molecule has 0 saturated heterocycles. The summed E-state index contributed by atoms with van der Waals surface area (Å²) < 4.78 is 18.9. The van der Waals surface area contributed by atoms with Crippen molar-refractivity contribution < 1.29 is 14.2 Å². The molecule has 0 fully saturated rings. The molecule has 0 spiro atoms. The van der Waals surface area contributed by atoms with E-state index in [-0.39, 0.29) is 12.3 Å². The highest BCUT2D eigenvalue weighted by molar-refractivity contribution is 9.10. The molecular formula is C25H23BrN2O3. The number of benzene rings is 3. The minimum absolute atomic E-state index is 0.0685. The second-order valence-corrected chi connectivity index (χ2v) is 8.42. The Kier molecular flexibility index (Phi) is 5.32. The van der Waals surface area contributed by atoms with Crippen LogP contribution in [-0.2, 0) is 0 Å². The molecule has 31 heavy (non-hydrogen) atoms. The van der Waals surface area contributed by atoms with Crippen LogP contribution < -0.4 is 14.2 Å². The van der Waals surface area contributed by atoms with Gasteiger partial charge in [0.1, 0.15) is 5.75 Å². The number of hydrogen-bond donors (Lipinski definition) is 0. The largest absolute Gasteiger partial charge is 0.497 e. The van der Waals surface area contributed by atoms with Gasteiger partial charge < -0.3 is 14.2 Å². The lowest BCUT2D eigenvalue weighted by molar-refractivity contribution is -0.0213. The van der Waals surface area contributed by atoms with Gasteiger partial charge in [-0.2, -0.15) is 5.10 Å². The van der Waals surface area contributed by atoms with E-state index in [1.54, 1.807) is 7.11 Å². The zero-order valence-electron chi connectivity index (χ0n) is 17.4. The molecule has 5 rings (SSSR count). The van der Waals surface area contributed by atoms with Gasteiger partial charge in [0.25, 0.3) is 0 Å². The number of fused-ring (bicyclic) bond motifs is 3. The molecule has 0 aromatic heterocycles. The Morgan fingerprint density at radius 2 is 1.90 bits per heavy atom. The van der Waals surface area contributed by atoms with E-state index in [0.29, 0.717) is 6.61 Å². The van der Waals surface area contributed by atoms with Gasteiger partial charge in [-0.15, -0.1) is 0 Å². The van der Waals surface area contributed by atoms with Crippen molar-refractivity contribution in [1.29, 1.82) is 0 Å². The SMILES string of the molecule is CCOc1cccc2c1O[C@H](c1cccc(OC)c1)N1N=C(c3ccc(Br)cc3)C[C@@H]21. The summed E-state index contributed by atoms with van der Waals surface area (Å²) in [4.78, 5) is 0. The van der Waals surface area contributed by atoms with Crippen LogP contribution in [0, 0.1) is 0 Å². The van der Waals surface area contributed by atoms with Crippen LogP contribution in [0.25, 0.3) is 0 Å². The smallest absolute Gasteiger partial charge is 0.214 e. The molecule has 2 aliphatic heterocycles. The number of halogens is 1.